The minimum Gasteiger partial charge on any atom is -0.440 e. The molecule has 0 fully saturated rings. The van der Waals surface area contributed by atoms with Gasteiger partial charge in [0.05, 0.1) is 11.5 Å². The average Bonchev–Trinajstić information content (AvgIpc) is 2.74. The Kier molecular flexibility index (Phi) is 4.94. The maximum absolute atomic E-state index is 12.3. The van der Waals surface area contributed by atoms with E-state index in [9.17, 15) is 10.1 Å². The van der Waals surface area contributed by atoms with Crippen molar-refractivity contribution < 1.29 is 14.3 Å². The van der Waals surface area contributed by atoms with Crippen LogP contribution in [0.4, 0.5) is 0 Å². The van der Waals surface area contributed by atoms with Gasteiger partial charge in [0, 0.05) is 16.7 Å². The number of halogens is 1. The lowest BCUT2D eigenvalue weighted by Gasteiger charge is -2.26. The molecule has 2 N–H and O–H groups in total. The first-order valence-corrected chi connectivity index (χ1v) is 9.19. The second-order valence-corrected chi connectivity index (χ2v) is 6.87. The summed E-state index contributed by atoms with van der Waals surface area (Å²) in [5.74, 6) is -0.108. The van der Waals surface area contributed by atoms with Crippen molar-refractivity contribution in [1.29, 1.82) is 5.26 Å². The van der Waals surface area contributed by atoms with Gasteiger partial charge in [-0.3, -0.25) is 0 Å². The van der Waals surface area contributed by atoms with Crippen molar-refractivity contribution in [3.8, 4) is 17.6 Å². The summed E-state index contributed by atoms with van der Waals surface area (Å²) in [6.45, 7) is 0. The van der Waals surface area contributed by atoms with Crippen LogP contribution in [0.25, 0.3) is 0 Å². The van der Waals surface area contributed by atoms with Crippen LogP contribution in [-0.4, -0.2) is 5.97 Å². The van der Waals surface area contributed by atoms with Crippen molar-refractivity contribution in [2.24, 2.45) is 5.73 Å². The van der Waals surface area contributed by atoms with E-state index >= 15 is 0 Å². The number of ether oxygens (including phenoxy) is 2. The number of nitrogens with two attached hydrogens (primary N) is 1. The van der Waals surface area contributed by atoms with Crippen molar-refractivity contribution in [2.75, 3.05) is 0 Å². The number of rotatable bonds is 3. The molecule has 0 bridgehead atoms. The second kappa shape index (κ2) is 7.70. The Bertz CT molecular complexity index is 1150. The topological polar surface area (TPSA) is 85.3 Å². The van der Waals surface area contributed by atoms with Gasteiger partial charge in [-0.05, 0) is 35.9 Å². The fraction of sp³-hybridized carbons (Fsp3) is 0.0435. The average molecular weight is 403 g/mol. The van der Waals surface area contributed by atoms with Crippen molar-refractivity contribution in [2.45, 2.75) is 5.92 Å². The molecule has 0 saturated heterocycles. The monoisotopic (exact) mass is 402 g/mol. The van der Waals surface area contributed by atoms with Gasteiger partial charge in [-0.15, -0.1) is 0 Å². The third-order valence-electron chi connectivity index (χ3n) is 4.61. The minimum atomic E-state index is -0.475. The molecule has 4 rings (SSSR count). The first-order chi connectivity index (χ1) is 14.1. The highest BCUT2D eigenvalue weighted by molar-refractivity contribution is 6.30. The molecule has 0 aromatic heterocycles. The Balaban J connectivity index is 1.70. The summed E-state index contributed by atoms with van der Waals surface area (Å²) in [5, 5.41) is 10.2. The van der Waals surface area contributed by atoms with E-state index in [1.165, 1.54) is 0 Å². The Morgan fingerprint density at radius 3 is 2.48 bits per heavy atom. The highest BCUT2D eigenvalue weighted by atomic mass is 35.5. The van der Waals surface area contributed by atoms with Crippen LogP contribution in [0.15, 0.2) is 84.3 Å². The Morgan fingerprint density at radius 1 is 1.07 bits per heavy atom. The molecule has 6 heteroatoms. The molecule has 29 heavy (non-hydrogen) atoms. The normalized spacial score (nSPS) is 15.1. The van der Waals surface area contributed by atoms with E-state index in [1.54, 1.807) is 54.6 Å². The van der Waals surface area contributed by atoms with Crippen molar-refractivity contribution in [3.63, 3.8) is 0 Å². The van der Waals surface area contributed by atoms with Crippen molar-refractivity contribution >= 4 is 17.6 Å². The third kappa shape index (κ3) is 3.66. The van der Waals surface area contributed by atoms with Crippen LogP contribution in [0.1, 0.15) is 27.4 Å². The number of hydrogen-bond acceptors (Lipinski definition) is 5. The molecule has 1 atom stereocenters. The summed E-state index contributed by atoms with van der Waals surface area (Å²) in [7, 11) is 0. The number of fused-ring (bicyclic) bond motifs is 1. The number of carbonyl (C=O) groups excluding carboxylic acids is 1. The lowest BCUT2D eigenvalue weighted by Crippen LogP contribution is -2.21. The predicted octanol–water partition coefficient (Wildman–Crippen LogP) is 4.78. The molecule has 0 radical (unpaired) electrons. The number of esters is 1. The van der Waals surface area contributed by atoms with Gasteiger partial charge in [-0.1, -0.05) is 48.0 Å². The highest BCUT2D eigenvalue weighted by Gasteiger charge is 2.31. The van der Waals surface area contributed by atoms with Gasteiger partial charge in [-0.2, -0.15) is 5.26 Å². The van der Waals surface area contributed by atoms with Gasteiger partial charge in [0.2, 0.25) is 5.88 Å². The Morgan fingerprint density at radius 2 is 1.79 bits per heavy atom. The molecule has 142 valence electrons. The fourth-order valence-electron chi connectivity index (χ4n) is 3.24. The first-order valence-electron chi connectivity index (χ1n) is 8.81. The smallest absolute Gasteiger partial charge is 0.343 e. The van der Waals surface area contributed by atoms with Crippen LogP contribution in [0.2, 0.25) is 5.02 Å². The van der Waals surface area contributed by atoms with E-state index < -0.39 is 11.9 Å². The largest absolute Gasteiger partial charge is 0.440 e. The summed E-state index contributed by atoms with van der Waals surface area (Å²) >= 11 is 5.99. The highest BCUT2D eigenvalue weighted by Crippen LogP contribution is 2.43. The van der Waals surface area contributed by atoms with Crippen LogP contribution in [0.3, 0.4) is 0 Å². The quantitative estimate of drug-likeness (QED) is 0.503. The van der Waals surface area contributed by atoms with Gasteiger partial charge in [0.25, 0.3) is 0 Å². The number of benzene rings is 3. The molecule has 0 amide bonds. The van der Waals surface area contributed by atoms with E-state index in [2.05, 4.69) is 6.07 Å². The van der Waals surface area contributed by atoms with Crippen molar-refractivity contribution in [1.82, 2.24) is 0 Å². The molecular weight excluding hydrogens is 388 g/mol. The number of nitrogens with zero attached hydrogens (tertiary/aromatic N) is 1. The molecule has 1 aliphatic heterocycles. The zero-order valence-electron chi connectivity index (χ0n) is 15.1. The van der Waals surface area contributed by atoms with E-state index in [4.69, 9.17) is 26.8 Å². The molecule has 0 saturated carbocycles. The van der Waals surface area contributed by atoms with Crippen LogP contribution in [-0.2, 0) is 0 Å². The molecule has 1 aliphatic rings. The van der Waals surface area contributed by atoms with E-state index in [1.807, 2.05) is 18.2 Å². The zero-order chi connectivity index (χ0) is 20.4. The standard InChI is InChI=1S/C23H15ClN2O3/c24-16-8-6-14(7-9-16)21-18-11-10-17(12-20(18)29-22(26)19(21)13-25)28-23(27)15-4-2-1-3-5-15/h1-12,21H,26H2. The van der Waals surface area contributed by atoms with E-state index in [0.29, 0.717) is 27.7 Å². The number of carbonyl (C=O) groups is 1. The molecule has 3 aromatic rings. The van der Waals surface area contributed by atoms with Gasteiger partial charge in [0.1, 0.15) is 23.1 Å². The number of hydrogen-bond donors (Lipinski definition) is 1. The summed E-state index contributed by atoms with van der Waals surface area (Å²) in [5.41, 5.74) is 8.36. The van der Waals surface area contributed by atoms with Crippen molar-refractivity contribution in [3.05, 3.63) is 106 Å². The molecular formula is C23H15ClN2O3. The van der Waals surface area contributed by atoms with Crippen LogP contribution < -0.4 is 15.2 Å². The van der Waals surface area contributed by atoms with E-state index in [-0.39, 0.29) is 5.88 Å². The number of nitriles is 1. The van der Waals surface area contributed by atoms with Crippen LogP contribution >= 0.6 is 11.6 Å². The van der Waals surface area contributed by atoms with Gasteiger partial charge < -0.3 is 15.2 Å². The summed E-state index contributed by atoms with van der Waals surface area (Å²) in [6, 6.07) is 23.1. The maximum atomic E-state index is 12.3. The Labute approximate surface area is 172 Å². The third-order valence-corrected chi connectivity index (χ3v) is 4.87. The zero-order valence-corrected chi connectivity index (χ0v) is 15.9. The van der Waals surface area contributed by atoms with Crippen LogP contribution in [0.5, 0.6) is 11.5 Å². The molecule has 0 aliphatic carbocycles. The summed E-state index contributed by atoms with van der Waals surface area (Å²) in [4.78, 5) is 12.3. The molecule has 1 heterocycles. The minimum absolute atomic E-state index is 0.0199. The number of allylic oxidation sites excluding steroid dienone is 1. The maximum Gasteiger partial charge on any atom is 0.343 e. The fourth-order valence-corrected chi connectivity index (χ4v) is 3.36. The van der Waals surface area contributed by atoms with Gasteiger partial charge in [0.15, 0.2) is 0 Å². The summed E-state index contributed by atoms with van der Waals surface area (Å²) < 4.78 is 11.1. The summed E-state index contributed by atoms with van der Waals surface area (Å²) in [6.07, 6.45) is 0. The lowest BCUT2D eigenvalue weighted by molar-refractivity contribution is 0.0734. The first kappa shape index (κ1) is 18.6. The predicted molar refractivity (Wildman–Crippen MR) is 109 cm³/mol. The Hall–Kier alpha value is -3.75. The van der Waals surface area contributed by atoms with E-state index in [0.717, 1.165) is 11.1 Å². The van der Waals surface area contributed by atoms with Gasteiger partial charge >= 0.3 is 5.97 Å². The molecule has 3 aromatic carbocycles. The molecule has 0 spiro atoms. The molecule has 1 unspecified atom stereocenters. The van der Waals surface area contributed by atoms with Crippen LogP contribution in [0, 0.1) is 11.3 Å². The molecule has 5 nitrogen and oxygen atoms in total. The second-order valence-electron chi connectivity index (χ2n) is 6.43. The van der Waals surface area contributed by atoms with Gasteiger partial charge in [-0.25, -0.2) is 4.79 Å². The lowest BCUT2D eigenvalue weighted by atomic mass is 9.83. The SMILES string of the molecule is N#CC1=C(N)Oc2cc(OC(=O)c3ccccc3)ccc2C1c1ccc(Cl)cc1.